The first-order valence-electron chi connectivity index (χ1n) is 8.22. The van der Waals surface area contributed by atoms with E-state index in [-0.39, 0.29) is 36.9 Å². The fraction of sp³-hybridized carbons (Fsp3) is 0.529. The summed E-state index contributed by atoms with van der Waals surface area (Å²) in [6, 6.07) is 7.57. The quantitative estimate of drug-likeness (QED) is 0.891. The molecule has 2 heterocycles. The first kappa shape index (κ1) is 18.5. The number of benzene rings is 1. The van der Waals surface area contributed by atoms with Crippen molar-refractivity contribution in [3.63, 3.8) is 0 Å². The molecule has 2 amide bonds. The summed E-state index contributed by atoms with van der Waals surface area (Å²) in [7, 11) is 0. The molecule has 2 aliphatic rings. The van der Waals surface area contributed by atoms with Crippen molar-refractivity contribution in [1.29, 1.82) is 0 Å². The van der Waals surface area contributed by atoms with Crippen LogP contribution in [0.5, 0.6) is 5.75 Å². The SMILES string of the molecule is Cl.NCC1CCCCN1C(=O)CCN1C(=O)COc2ccccc21. The number of hydrogen-bond donors (Lipinski definition) is 1. The van der Waals surface area contributed by atoms with Gasteiger partial charge < -0.3 is 20.3 Å². The fourth-order valence-electron chi connectivity index (χ4n) is 3.32. The highest BCUT2D eigenvalue weighted by molar-refractivity contribution is 5.98. The van der Waals surface area contributed by atoms with Crippen LogP contribution in [0, 0.1) is 0 Å². The summed E-state index contributed by atoms with van der Waals surface area (Å²) in [4.78, 5) is 28.2. The third-order valence-electron chi connectivity index (χ3n) is 4.58. The Bertz CT molecular complexity index is 596. The molecule has 132 valence electrons. The van der Waals surface area contributed by atoms with Gasteiger partial charge in [0, 0.05) is 32.1 Å². The molecule has 0 spiro atoms. The second-order valence-electron chi connectivity index (χ2n) is 6.02. The largest absolute Gasteiger partial charge is 0.482 e. The van der Waals surface area contributed by atoms with Crippen molar-refractivity contribution in [3.05, 3.63) is 24.3 Å². The number of fused-ring (bicyclic) bond motifs is 1. The molecule has 1 unspecified atom stereocenters. The Morgan fingerprint density at radius 2 is 2.08 bits per heavy atom. The minimum Gasteiger partial charge on any atom is -0.482 e. The molecule has 1 fully saturated rings. The van der Waals surface area contributed by atoms with Crippen LogP contribution in [0.15, 0.2) is 24.3 Å². The molecule has 0 bridgehead atoms. The van der Waals surface area contributed by atoms with Crippen molar-refractivity contribution < 1.29 is 14.3 Å². The highest BCUT2D eigenvalue weighted by Gasteiger charge is 2.28. The smallest absolute Gasteiger partial charge is 0.265 e. The second kappa shape index (κ2) is 8.35. The average Bonchev–Trinajstić information content (AvgIpc) is 2.60. The maximum atomic E-state index is 12.5. The molecular formula is C17H24ClN3O3. The van der Waals surface area contributed by atoms with Gasteiger partial charge in [-0.3, -0.25) is 9.59 Å². The molecule has 1 saturated heterocycles. The summed E-state index contributed by atoms with van der Waals surface area (Å²) in [5.74, 6) is 0.666. The van der Waals surface area contributed by atoms with Crippen LogP contribution in [0.2, 0.25) is 0 Å². The van der Waals surface area contributed by atoms with Gasteiger partial charge in [0.15, 0.2) is 6.61 Å². The van der Waals surface area contributed by atoms with E-state index in [9.17, 15) is 9.59 Å². The first-order chi connectivity index (χ1) is 11.2. The molecule has 0 aromatic heterocycles. The van der Waals surface area contributed by atoms with Gasteiger partial charge in [-0.05, 0) is 31.4 Å². The van der Waals surface area contributed by atoms with Gasteiger partial charge in [-0.1, -0.05) is 12.1 Å². The molecule has 1 aromatic rings. The number of hydrogen-bond acceptors (Lipinski definition) is 4. The van der Waals surface area contributed by atoms with Gasteiger partial charge in [-0.15, -0.1) is 12.4 Å². The number of piperidine rings is 1. The van der Waals surface area contributed by atoms with Crippen LogP contribution in [-0.4, -0.2) is 49.0 Å². The van der Waals surface area contributed by atoms with Crippen molar-refractivity contribution in [3.8, 4) is 5.75 Å². The zero-order chi connectivity index (χ0) is 16.2. The number of carbonyl (C=O) groups excluding carboxylic acids is 2. The number of rotatable bonds is 4. The summed E-state index contributed by atoms with van der Waals surface area (Å²) in [5.41, 5.74) is 6.52. The molecule has 1 atom stereocenters. The molecule has 1 aromatic carbocycles. The number of nitrogens with two attached hydrogens (primary N) is 1. The zero-order valence-electron chi connectivity index (χ0n) is 13.6. The van der Waals surface area contributed by atoms with Gasteiger partial charge in [0.05, 0.1) is 5.69 Å². The number of ether oxygens (including phenoxy) is 1. The van der Waals surface area contributed by atoms with Crippen LogP contribution in [0.25, 0.3) is 0 Å². The summed E-state index contributed by atoms with van der Waals surface area (Å²) in [5, 5.41) is 0. The fourth-order valence-corrected chi connectivity index (χ4v) is 3.32. The Morgan fingerprint density at radius 1 is 1.29 bits per heavy atom. The average molecular weight is 354 g/mol. The van der Waals surface area contributed by atoms with E-state index in [4.69, 9.17) is 10.5 Å². The van der Waals surface area contributed by atoms with E-state index in [1.54, 1.807) is 4.90 Å². The standard InChI is InChI=1S/C17H23N3O3.ClH/c18-11-13-5-3-4-9-19(13)16(21)8-10-20-14-6-1-2-7-15(14)23-12-17(20)22;/h1-2,6-7,13H,3-5,8-12,18H2;1H. The van der Waals surface area contributed by atoms with Crippen LogP contribution in [0.1, 0.15) is 25.7 Å². The normalized spacial score (nSPS) is 20.0. The summed E-state index contributed by atoms with van der Waals surface area (Å²) >= 11 is 0. The predicted octanol–water partition coefficient (Wildman–Crippen LogP) is 1.56. The Balaban J connectivity index is 0.00000208. The van der Waals surface area contributed by atoms with Gasteiger partial charge in [-0.25, -0.2) is 0 Å². The Kier molecular flexibility index (Phi) is 6.45. The number of carbonyl (C=O) groups is 2. The van der Waals surface area contributed by atoms with E-state index in [0.29, 0.717) is 25.3 Å². The number of anilines is 1. The molecule has 7 heteroatoms. The lowest BCUT2D eigenvalue weighted by Gasteiger charge is -2.36. The van der Waals surface area contributed by atoms with Gasteiger partial charge in [0.1, 0.15) is 5.75 Å². The van der Waals surface area contributed by atoms with E-state index < -0.39 is 0 Å². The van der Waals surface area contributed by atoms with Gasteiger partial charge in [0.25, 0.3) is 5.91 Å². The Hall–Kier alpha value is -1.79. The third-order valence-corrected chi connectivity index (χ3v) is 4.58. The van der Waals surface area contributed by atoms with E-state index >= 15 is 0 Å². The molecule has 2 aliphatic heterocycles. The molecule has 3 rings (SSSR count). The van der Waals surface area contributed by atoms with Crippen molar-refractivity contribution in [2.24, 2.45) is 5.73 Å². The van der Waals surface area contributed by atoms with Crippen LogP contribution in [0.3, 0.4) is 0 Å². The third kappa shape index (κ3) is 3.82. The summed E-state index contributed by atoms with van der Waals surface area (Å²) in [6.45, 7) is 1.69. The number of amides is 2. The molecule has 6 nitrogen and oxygen atoms in total. The molecular weight excluding hydrogens is 330 g/mol. The van der Waals surface area contributed by atoms with Gasteiger partial charge in [-0.2, -0.15) is 0 Å². The Labute approximate surface area is 148 Å². The van der Waals surface area contributed by atoms with Gasteiger partial charge in [0.2, 0.25) is 5.91 Å². The maximum absolute atomic E-state index is 12.5. The maximum Gasteiger partial charge on any atom is 0.265 e. The van der Waals surface area contributed by atoms with E-state index in [0.717, 1.165) is 31.5 Å². The van der Waals surface area contributed by atoms with Crippen LogP contribution >= 0.6 is 12.4 Å². The minimum atomic E-state index is -0.106. The lowest BCUT2D eigenvalue weighted by atomic mass is 10.0. The lowest BCUT2D eigenvalue weighted by Crippen LogP contribution is -2.48. The molecule has 0 saturated carbocycles. The Morgan fingerprint density at radius 3 is 2.88 bits per heavy atom. The van der Waals surface area contributed by atoms with E-state index in [1.165, 1.54) is 0 Å². The van der Waals surface area contributed by atoms with Crippen molar-refractivity contribution in [1.82, 2.24) is 4.90 Å². The molecule has 0 radical (unpaired) electrons. The highest BCUT2D eigenvalue weighted by Crippen LogP contribution is 2.31. The molecule has 24 heavy (non-hydrogen) atoms. The first-order valence-corrected chi connectivity index (χ1v) is 8.22. The topological polar surface area (TPSA) is 75.9 Å². The van der Waals surface area contributed by atoms with Gasteiger partial charge >= 0.3 is 0 Å². The molecule has 2 N–H and O–H groups in total. The number of likely N-dealkylation sites (tertiary alicyclic amines) is 1. The van der Waals surface area contributed by atoms with Crippen molar-refractivity contribution in [2.45, 2.75) is 31.7 Å². The van der Waals surface area contributed by atoms with Crippen LogP contribution < -0.4 is 15.4 Å². The van der Waals surface area contributed by atoms with Crippen molar-refractivity contribution in [2.75, 3.05) is 31.1 Å². The lowest BCUT2D eigenvalue weighted by molar-refractivity contribution is -0.134. The predicted molar refractivity (Wildman–Crippen MR) is 94.6 cm³/mol. The monoisotopic (exact) mass is 353 g/mol. The minimum absolute atomic E-state index is 0. The van der Waals surface area contributed by atoms with Crippen LogP contribution in [0.4, 0.5) is 5.69 Å². The summed E-state index contributed by atoms with van der Waals surface area (Å²) < 4.78 is 5.42. The summed E-state index contributed by atoms with van der Waals surface area (Å²) in [6.07, 6.45) is 3.45. The van der Waals surface area contributed by atoms with Crippen LogP contribution in [-0.2, 0) is 9.59 Å². The van der Waals surface area contributed by atoms with E-state index in [2.05, 4.69) is 0 Å². The highest BCUT2D eigenvalue weighted by atomic mass is 35.5. The number of para-hydroxylation sites is 2. The zero-order valence-corrected chi connectivity index (χ0v) is 14.5. The van der Waals surface area contributed by atoms with E-state index in [1.807, 2.05) is 29.2 Å². The number of nitrogens with zero attached hydrogens (tertiary/aromatic N) is 2. The molecule has 0 aliphatic carbocycles. The number of halogens is 1. The second-order valence-corrected chi connectivity index (χ2v) is 6.02. The van der Waals surface area contributed by atoms with Crippen molar-refractivity contribution >= 4 is 29.9 Å².